The van der Waals surface area contributed by atoms with Gasteiger partial charge in [-0.15, -0.1) is 11.3 Å². The maximum absolute atomic E-state index is 12.3. The number of carbonyl (C=O) groups excluding carboxylic acids is 1. The molecule has 0 spiro atoms. The van der Waals surface area contributed by atoms with Crippen LogP contribution in [0.1, 0.15) is 5.56 Å². The van der Waals surface area contributed by atoms with Crippen LogP contribution < -0.4 is 10.9 Å². The molecule has 1 fully saturated rings. The van der Waals surface area contributed by atoms with Gasteiger partial charge < -0.3 is 10.2 Å². The summed E-state index contributed by atoms with van der Waals surface area (Å²) in [5.41, 5.74) is 1.62. The summed E-state index contributed by atoms with van der Waals surface area (Å²) in [6, 6.07) is 0. The monoisotopic (exact) mass is 292 g/mol. The first-order valence-corrected chi connectivity index (χ1v) is 7.46. The van der Waals surface area contributed by atoms with Crippen LogP contribution in [0.15, 0.2) is 16.5 Å². The molecule has 2 aromatic heterocycles. The summed E-state index contributed by atoms with van der Waals surface area (Å²) in [5, 5.41) is 5.12. The van der Waals surface area contributed by atoms with Crippen molar-refractivity contribution in [1.82, 2.24) is 19.8 Å². The van der Waals surface area contributed by atoms with Crippen LogP contribution in [0.3, 0.4) is 0 Å². The minimum Gasteiger partial charge on any atom is -0.339 e. The van der Waals surface area contributed by atoms with Crippen molar-refractivity contribution in [3.63, 3.8) is 0 Å². The van der Waals surface area contributed by atoms with Gasteiger partial charge in [-0.1, -0.05) is 0 Å². The van der Waals surface area contributed by atoms with E-state index in [0.717, 1.165) is 24.2 Å². The average molecular weight is 292 g/mol. The van der Waals surface area contributed by atoms with Crippen LogP contribution in [0.5, 0.6) is 0 Å². The molecule has 3 rings (SSSR count). The molecule has 3 heterocycles. The van der Waals surface area contributed by atoms with Gasteiger partial charge in [-0.3, -0.25) is 14.2 Å². The second-order valence-electron chi connectivity index (χ2n) is 4.90. The number of aryl methyl sites for hydroxylation is 1. The highest BCUT2D eigenvalue weighted by atomic mass is 32.1. The first-order valence-electron chi connectivity index (χ1n) is 6.58. The lowest BCUT2D eigenvalue weighted by Gasteiger charge is -2.27. The van der Waals surface area contributed by atoms with E-state index in [0.29, 0.717) is 17.8 Å². The summed E-state index contributed by atoms with van der Waals surface area (Å²) in [5.74, 6) is -0.0250. The Labute approximate surface area is 120 Å². The first-order chi connectivity index (χ1) is 9.66. The summed E-state index contributed by atoms with van der Waals surface area (Å²) in [6.07, 6.45) is 1.48. The van der Waals surface area contributed by atoms with E-state index in [2.05, 4.69) is 10.3 Å². The Morgan fingerprint density at radius 1 is 1.45 bits per heavy atom. The maximum atomic E-state index is 12.3. The van der Waals surface area contributed by atoms with Gasteiger partial charge in [0.25, 0.3) is 5.56 Å². The second kappa shape index (κ2) is 5.34. The van der Waals surface area contributed by atoms with Crippen molar-refractivity contribution in [2.45, 2.75) is 13.5 Å². The van der Waals surface area contributed by atoms with E-state index in [4.69, 9.17) is 0 Å². The molecule has 1 N–H and O–H groups in total. The highest BCUT2D eigenvalue weighted by molar-refractivity contribution is 7.17. The Kier molecular flexibility index (Phi) is 3.54. The number of thiophene rings is 1. The van der Waals surface area contributed by atoms with Crippen LogP contribution >= 0.6 is 11.3 Å². The largest absolute Gasteiger partial charge is 0.339 e. The predicted molar refractivity (Wildman–Crippen MR) is 78.1 cm³/mol. The second-order valence-corrected chi connectivity index (χ2v) is 5.78. The van der Waals surface area contributed by atoms with Crippen LogP contribution in [-0.4, -0.2) is 46.5 Å². The molecule has 2 aromatic rings. The Bertz CT molecular complexity index is 700. The SMILES string of the molecule is Cc1csc2c(=O)n(CC(=O)N3CCNCC3)cnc12. The first kappa shape index (κ1) is 13.3. The molecule has 106 valence electrons. The number of piperazine rings is 1. The van der Waals surface area contributed by atoms with Crippen LogP contribution in [0, 0.1) is 6.92 Å². The molecule has 0 bridgehead atoms. The number of hydrogen-bond donors (Lipinski definition) is 1. The molecule has 6 nitrogen and oxygen atoms in total. The molecule has 1 amide bonds. The van der Waals surface area contributed by atoms with Crippen molar-refractivity contribution in [1.29, 1.82) is 0 Å². The molecule has 1 aliphatic heterocycles. The summed E-state index contributed by atoms with van der Waals surface area (Å²) in [6.45, 7) is 5.01. The third-order valence-electron chi connectivity index (χ3n) is 3.50. The molecular weight excluding hydrogens is 276 g/mol. The van der Waals surface area contributed by atoms with Crippen LogP contribution in [0.25, 0.3) is 10.2 Å². The molecule has 20 heavy (non-hydrogen) atoms. The van der Waals surface area contributed by atoms with E-state index in [1.165, 1.54) is 22.2 Å². The molecule has 7 heteroatoms. The van der Waals surface area contributed by atoms with Crippen LogP contribution in [0.4, 0.5) is 0 Å². The van der Waals surface area contributed by atoms with Crippen molar-refractivity contribution in [3.8, 4) is 0 Å². The van der Waals surface area contributed by atoms with E-state index >= 15 is 0 Å². The van der Waals surface area contributed by atoms with Crippen LogP contribution in [-0.2, 0) is 11.3 Å². The lowest BCUT2D eigenvalue weighted by Crippen LogP contribution is -2.48. The number of fused-ring (bicyclic) bond motifs is 1. The number of hydrogen-bond acceptors (Lipinski definition) is 5. The quantitative estimate of drug-likeness (QED) is 0.858. The lowest BCUT2D eigenvalue weighted by molar-refractivity contribution is -0.132. The summed E-state index contributed by atoms with van der Waals surface area (Å²) < 4.78 is 2.03. The molecule has 0 saturated carbocycles. The van der Waals surface area contributed by atoms with Gasteiger partial charge >= 0.3 is 0 Å². The number of aromatic nitrogens is 2. The number of carbonyl (C=O) groups is 1. The van der Waals surface area contributed by atoms with Crippen molar-refractivity contribution < 1.29 is 4.79 Å². The Morgan fingerprint density at radius 3 is 2.95 bits per heavy atom. The normalized spacial score (nSPS) is 15.8. The number of rotatable bonds is 2. The Hall–Kier alpha value is -1.73. The van der Waals surface area contributed by atoms with Crippen molar-refractivity contribution in [2.24, 2.45) is 0 Å². The van der Waals surface area contributed by atoms with Gasteiger partial charge in [0.2, 0.25) is 5.91 Å². The molecular formula is C13H16N4O2S. The fraction of sp³-hybridized carbons (Fsp3) is 0.462. The third-order valence-corrected chi connectivity index (χ3v) is 4.57. The third kappa shape index (κ3) is 2.34. The zero-order chi connectivity index (χ0) is 14.1. The van der Waals surface area contributed by atoms with Gasteiger partial charge in [0, 0.05) is 26.2 Å². The average Bonchev–Trinajstić information content (AvgIpc) is 2.85. The molecule has 0 radical (unpaired) electrons. The van der Waals surface area contributed by atoms with Crippen LogP contribution in [0.2, 0.25) is 0 Å². The van der Waals surface area contributed by atoms with Gasteiger partial charge in [-0.25, -0.2) is 4.98 Å². The lowest BCUT2D eigenvalue weighted by atomic mass is 10.3. The number of nitrogens with zero attached hydrogens (tertiary/aromatic N) is 3. The molecule has 0 atom stereocenters. The summed E-state index contributed by atoms with van der Waals surface area (Å²) in [4.78, 5) is 30.6. The molecule has 1 aliphatic rings. The minimum absolute atomic E-state index is 0.0250. The smallest absolute Gasteiger partial charge is 0.271 e. The number of amides is 1. The molecule has 0 aromatic carbocycles. The summed E-state index contributed by atoms with van der Waals surface area (Å²) >= 11 is 1.39. The van der Waals surface area contributed by atoms with Gasteiger partial charge in [-0.2, -0.15) is 0 Å². The fourth-order valence-corrected chi connectivity index (χ4v) is 3.28. The van der Waals surface area contributed by atoms with Gasteiger partial charge in [0.1, 0.15) is 11.2 Å². The maximum Gasteiger partial charge on any atom is 0.271 e. The Balaban J connectivity index is 1.85. The van der Waals surface area contributed by atoms with Crippen molar-refractivity contribution >= 4 is 27.5 Å². The van der Waals surface area contributed by atoms with Gasteiger partial charge in [0.05, 0.1) is 11.8 Å². The highest BCUT2D eigenvalue weighted by Crippen LogP contribution is 2.19. The summed E-state index contributed by atoms with van der Waals surface area (Å²) in [7, 11) is 0. The van der Waals surface area contributed by atoms with E-state index in [9.17, 15) is 9.59 Å². The molecule has 1 saturated heterocycles. The molecule has 0 aliphatic carbocycles. The standard InChI is InChI=1S/C13H16N4O2S/c1-9-7-20-12-11(9)15-8-17(13(12)19)6-10(18)16-4-2-14-3-5-16/h7-8,14H,2-6H2,1H3. The number of nitrogens with one attached hydrogen (secondary N) is 1. The van der Waals surface area contributed by atoms with Gasteiger partial charge in [-0.05, 0) is 17.9 Å². The topological polar surface area (TPSA) is 67.2 Å². The Morgan fingerprint density at radius 2 is 2.20 bits per heavy atom. The zero-order valence-corrected chi connectivity index (χ0v) is 12.1. The van der Waals surface area contributed by atoms with Crippen molar-refractivity contribution in [2.75, 3.05) is 26.2 Å². The van der Waals surface area contributed by atoms with Crippen molar-refractivity contribution in [3.05, 3.63) is 27.6 Å². The highest BCUT2D eigenvalue weighted by Gasteiger charge is 2.18. The fourth-order valence-electron chi connectivity index (χ4n) is 2.33. The molecule has 0 unspecified atom stereocenters. The van der Waals surface area contributed by atoms with Gasteiger partial charge in [0.15, 0.2) is 0 Å². The zero-order valence-electron chi connectivity index (χ0n) is 11.3. The van der Waals surface area contributed by atoms with E-state index < -0.39 is 0 Å². The predicted octanol–water partition coefficient (Wildman–Crippen LogP) is 0.198. The van der Waals surface area contributed by atoms with E-state index in [1.807, 2.05) is 12.3 Å². The van der Waals surface area contributed by atoms with E-state index in [-0.39, 0.29) is 18.0 Å². The minimum atomic E-state index is -0.128. The van der Waals surface area contributed by atoms with E-state index in [1.54, 1.807) is 4.90 Å².